The zero-order chi connectivity index (χ0) is 14.7. The Morgan fingerprint density at radius 2 is 1.75 bits per heavy atom. The van der Waals surface area contributed by atoms with E-state index in [9.17, 15) is 4.39 Å². The lowest BCUT2D eigenvalue weighted by molar-refractivity contribution is 0.626. The Kier molecular flexibility index (Phi) is 4.40. The average Bonchev–Trinajstić information content (AvgIpc) is 2.44. The van der Waals surface area contributed by atoms with Gasteiger partial charge in [-0.05, 0) is 49.2 Å². The molecule has 0 spiro atoms. The van der Waals surface area contributed by atoms with Crippen LogP contribution in [0.15, 0.2) is 42.5 Å². The minimum atomic E-state index is -0.224. The molecular formula is C17H21FN2. The van der Waals surface area contributed by atoms with Crippen LogP contribution in [0.2, 0.25) is 0 Å². The number of rotatable bonds is 4. The summed E-state index contributed by atoms with van der Waals surface area (Å²) >= 11 is 0. The van der Waals surface area contributed by atoms with Crippen LogP contribution in [0.25, 0.3) is 0 Å². The molecule has 0 amide bonds. The number of nitrogens with zero attached hydrogens (tertiary/aromatic N) is 1. The summed E-state index contributed by atoms with van der Waals surface area (Å²) in [6, 6.07) is 13.0. The molecule has 20 heavy (non-hydrogen) atoms. The van der Waals surface area contributed by atoms with Crippen molar-refractivity contribution in [2.75, 3.05) is 18.5 Å². The van der Waals surface area contributed by atoms with Gasteiger partial charge in [-0.3, -0.25) is 0 Å². The molecule has 0 fully saturated rings. The van der Waals surface area contributed by atoms with Gasteiger partial charge in [0, 0.05) is 19.3 Å². The Labute approximate surface area is 120 Å². The van der Waals surface area contributed by atoms with E-state index in [1.54, 1.807) is 12.1 Å². The molecule has 0 aliphatic heterocycles. The molecule has 0 radical (unpaired) electrons. The Morgan fingerprint density at radius 3 is 2.35 bits per heavy atom. The number of halogens is 1. The second kappa shape index (κ2) is 6.06. The molecule has 2 aromatic rings. The number of benzene rings is 2. The molecule has 2 aromatic carbocycles. The number of hydrogen-bond donors (Lipinski definition) is 1. The fourth-order valence-corrected chi connectivity index (χ4v) is 2.47. The lowest BCUT2D eigenvalue weighted by Gasteiger charge is -2.31. The molecule has 0 saturated carbocycles. The standard InChI is InChI=1S/C17H21FN2/c1-12-4-5-13(2)16(10-12)17(11-19)20(3)15-8-6-14(18)7-9-15/h4-10,17H,11,19H2,1-3H3. The topological polar surface area (TPSA) is 29.3 Å². The van der Waals surface area contributed by atoms with Crippen LogP contribution in [-0.4, -0.2) is 13.6 Å². The van der Waals surface area contributed by atoms with Crippen LogP contribution >= 0.6 is 0 Å². The van der Waals surface area contributed by atoms with Crippen molar-refractivity contribution in [3.8, 4) is 0 Å². The largest absolute Gasteiger partial charge is 0.366 e. The first-order valence-electron chi connectivity index (χ1n) is 6.78. The third kappa shape index (κ3) is 2.99. The minimum absolute atomic E-state index is 0.0837. The second-order valence-corrected chi connectivity index (χ2v) is 5.20. The average molecular weight is 272 g/mol. The lowest BCUT2D eigenvalue weighted by Crippen LogP contribution is -2.31. The van der Waals surface area contributed by atoms with Crippen LogP contribution in [0, 0.1) is 19.7 Å². The summed E-state index contributed by atoms with van der Waals surface area (Å²) in [7, 11) is 1.99. The highest BCUT2D eigenvalue weighted by Crippen LogP contribution is 2.27. The lowest BCUT2D eigenvalue weighted by atomic mass is 9.97. The van der Waals surface area contributed by atoms with Gasteiger partial charge in [-0.2, -0.15) is 0 Å². The summed E-state index contributed by atoms with van der Waals surface area (Å²) in [4.78, 5) is 2.10. The predicted octanol–water partition coefficient (Wildman–Crippen LogP) is 3.58. The van der Waals surface area contributed by atoms with Crippen LogP contribution in [0.1, 0.15) is 22.7 Å². The van der Waals surface area contributed by atoms with Gasteiger partial charge in [-0.25, -0.2) is 4.39 Å². The van der Waals surface area contributed by atoms with Crippen LogP contribution in [0.3, 0.4) is 0 Å². The number of hydrogen-bond acceptors (Lipinski definition) is 2. The van der Waals surface area contributed by atoms with E-state index in [-0.39, 0.29) is 11.9 Å². The van der Waals surface area contributed by atoms with Crippen molar-refractivity contribution in [2.24, 2.45) is 5.73 Å². The van der Waals surface area contributed by atoms with E-state index in [4.69, 9.17) is 5.73 Å². The van der Waals surface area contributed by atoms with Crippen molar-refractivity contribution in [2.45, 2.75) is 19.9 Å². The van der Waals surface area contributed by atoms with Gasteiger partial charge in [-0.15, -0.1) is 0 Å². The molecule has 106 valence electrons. The summed E-state index contributed by atoms with van der Waals surface area (Å²) in [5.74, 6) is -0.224. The van der Waals surface area contributed by atoms with Crippen molar-refractivity contribution < 1.29 is 4.39 Å². The monoisotopic (exact) mass is 272 g/mol. The van der Waals surface area contributed by atoms with Gasteiger partial charge in [0.2, 0.25) is 0 Å². The summed E-state index contributed by atoms with van der Waals surface area (Å²) in [6.07, 6.45) is 0. The predicted molar refractivity (Wildman–Crippen MR) is 82.5 cm³/mol. The molecular weight excluding hydrogens is 251 g/mol. The highest BCUT2D eigenvalue weighted by Gasteiger charge is 2.18. The molecule has 1 unspecified atom stereocenters. The molecule has 3 heteroatoms. The molecule has 0 saturated heterocycles. The van der Waals surface area contributed by atoms with E-state index in [1.807, 2.05) is 7.05 Å². The molecule has 0 aliphatic carbocycles. The maximum absolute atomic E-state index is 13.0. The van der Waals surface area contributed by atoms with Crippen molar-refractivity contribution >= 4 is 5.69 Å². The molecule has 2 N–H and O–H groups in total. The smallest absolute Gasteiger partial charge is 0.123 e. The van der Waals surface area contributed by atoms with E-state index in [1.165, 1.54) is 28.8 Å². The number of nitrogens with two attached hydrogens (primary N) is 1. The Balaban J connectivity index is 2.36. The summed E-state index contributed by atoms with van der Waals surface area (Å²) < 4.78 is 13.0. The minimum Gasteiger partial charge on any atom is -0.366 e. The highest BCUT2D eigenvalue weighted by molar-refractivity contribution is 5.49. The van der Waals surface area contributed by atoms with Crippen molar-refractivity contribution in [1.29, 1.82) is 0 Å². The van der Waals surface area contributed by atoms with E-state index in [0.717, 1.165) is 5.69 Å². The molecule has 0 heterocycles. The first-order chi connectivity index (χ1) is 9.52. The molecule has 0 bridgehead atoms. The molecule has 0 aromatic heterocycles. The number of anilines is 1. The van der Waals surface area contributed by atoms with Crippen molar-refractivity contribution in [3.05, 3.63) is 65.0 Å². The van der Waals surface area contributed by atoms with Crippen LogP contribution in [-0.2, 0) is 0 Å². The highest BCUT2D eigenvalue weighted by atomic mass is 19.1. The first kappa shape index (κ1) is 14.5. The summed E-state index contributed by atoms with van der Waals surface area (Å²) in [6.45, 7) is 4.68. The second-order valence-electron chi connectivity index (χ2n) is 5.20. The van der Waals surface area contributed by atoms with Gasteiger partial charge >= 0.3 is 0 Å². The van der Waals surface area contributed by atoms with Gasteiger partial charge in [-0.1, -0.05) is 23.8 Å². The van der Waals surface area contributed by atoms with Gasteiger partial charge in [0.25, 0.3) is 0 Å². The fourth-order valence-electron chi connectivity index (χ4n) is 2.47. The Bertz CT molecular complexity index is 578. The summed E-state index contributed by atoms with van der Waals surface area (Å²) in [5.41, 5.74) is 10.6. The van der Waals surface area contributed by atoms with Crippen LogP contribution in [0.5, 0.6) is 0 Å². The Hall–Kier alpha value is -1.87. The normalized spacial score (nSPS) is 12.2. The van der Waals surface area contributed by atoms with Gasteiger partial charge in [0.15, 0.2) is 0 Å². The molecule has 0 aliphatic rings. The SMILES string of the molecule is Cc1ccc(C)c(C(CN)N(C)c2ccc(F)cc2)c1. The molecule has 1 atom stereocenters. The zero-order valence-electron chi connectivity index (χ0n) is 12.2. The zero-order valence-corrected chi connectivity index (χ0v) is 12.2. The van der Waals surface area contributed by atoms with Gasteiger partial charge < -0.3 is 10.6 Å². The van der Waals surface area contributed by atoms with E-state index in [0.29, 0.717) is 6.54 Å². The maximum Gasteiger partial charge on any atom is 0.123 e. The first-order valence-corrected chi connectivity index (χ1v) is 6.78. The van der Waals surface area contributed by atoms with E-state index < -0.39 is 0 Å². The van der Waals surface area contributed by atoms with Crippen molar-refractivity contribution in [1.82, 2.24) is 0 Å². The number of likely N-dealkylation sites (N-methyl/N-ethyl adjacent to an activating group) is 1. The van der Waals surface area contributed by atoms with E-state index >= 15 is 0 Å². The summed E-state index contributed by atoms with van der Waals surface area (Å²) in [5, 5.41) is 0. The third-order valence-corrected chi connectivity index (χ3v) is 3.72. The fraction of sp³-hybridized carbons (Fsp3) is 0.294. The number of aryl methyl sites for hydroxylation is 2. The van der Waals surface area contributed by atoms with Gasteiger partial charge in [0.1, 0.15) is 5.82 Å². The van der Waals surface area contributed by atoms with Crippen molar-refractivity contribution in [3.63, 3.8) is 0 Å². The quantitative estimate of drug-likeness (QED) is 0.921. The van der Waals surface area contributed by atoms with Gasteiger partial charge in [0.05, 0.1) is 6.04 Å². The van der Waals surface area contributed by atoms with Crippen LogP contribution < -0.4 is 10.6 Å². The van der Waals surface area contributed by atoms with E-state index in [2.05, 4.69) is 36.9 Å². The van der Waals surface area contributed by atoms with Crippen LogP contribution in [0.4, 0.5) is 10.1 Å². The third-order valence-electron chi connectivity index (χ3n) is 3.72. The maximum atomic E-state index is 13.0. The molecule has 2 nitrogen and oxygen atoms in total. The Morgan fingerprint density at radius 1 is 1.10 bits per heavy atom. The molecule has 2 rings (SSSR count).